The molecule has 3 N–H and O–H groups in total. The molecule has 0 fully saturated rings. The zero-order valence-electron chi connectivity index (χ0n) is 10.5. The van der Waals surface area contributed by atoms with Gasteiger partial charge < -0.3 is 20.2 Å². The lowest BCUT2D eigenvalue weighted by Crippen LogP contribution is -2.27. The van der Waals surface area contributed by atoms with Crippen molar-refractivity contribution in [2.75, 3.05) is 31.2 Å². The molecule has 1 rings (SSSR count). The summed E-state index contributed by atoms with van der Waals surface area (Å²) in [5.74, 6) is -0.167. The van der Waals surface area contributed by atoms with Crippen molar-refractivity contribution in [3.05, 3.63) is 28.3 Å². The first-order valence-corrected chi connectivity index (χ1v) is 6.04. The number of phenolic OH excluding ortho intramolecular Hbond substituents is 1. The van der Waals surface area contributed by atoms with Gasteiger partial charge in [0.1, 0.15) is 11.4 Å². The Balaban J connectivity index is 3.02. The van der Waals surface area contributed by atoms with Crippen LogP contribution in [-0.4, -0.2) is 46.5 Å². The average molecular weight is 270 g/mol. The first kappa shape index (κ1) is 15.2. The summed E-state index contributed by atoms with van der Waals surface area (Å²) < 4.78 is 0. The number of anilines is 1. The number of nitrogens with zero attached hydrogens (tertiary/aromatic N) is 2. The second-order valence-corrected chi connectivity index (χ2v) is 4.07. The van der Waals surface area contributed by atoms with E-state index in [9.17, 15) is 15.2 Å². The molecule has 19 heavy (non-hydrogen) atoms. The molecular weight excluding hydrogens is 252 g/mol. The van der Waals surface area contributed by atoms with E-state index in [1.165, 1.54) is 12.1 Å². The topological polar surface area (TPSA) is 107 Å². The Morgan fingerprint density at radius 3 is 2.21 bits per heavy atom. The van der Waals surface area contributed by atoms with E-state index in [4.69, 9.17) is 10.2 Å². The summed E-state index contributed by atoms with van der Waals surface area (Å²) in [5.41, 5.74) is 0.195. The number of aromatic hydroxyl groups is 1. The fourth-order valence-electron chi connectivity index (χ4n) is 1.80. The molecule has 0 atom stereocenters. The number of hydrogen-bond donors (Lipinski definition) is 3. The molecule has 1 aromatic rings. The highest BCUT2D eigenvalue weighted by Crippen LogP contribution is 2.31. The summed E-state index contributed by atoms with van der Waals surface area (Å²) in [7, 11) is 0. The number of hydrogen-bond acceptors (Lipinski definition) is 6. The van der Waals surface area contributed by atoms with Gasteiger partial charge in [0, 0.05) is 26.3 Å². The molecule has 0 saturated heterocycles. The third kappa shape index (κ3) is 4.38. The Hall–Kier alpha value is -1.86. The Bertz CT molecular complexity index is 417. The van der Waals surface area contributed by atoms with Gasteiger partial charge >= 0.3 is 0 Å². The maximum absolute atomic E-state index is 11.0. The second kappa shape index (κ2) is 7.55. The van der Waals surface area contributed by atoms with Crippen LogP contribution in [0.25, 0.3) is 0 Å². The first-order valence-electron chi connectivity index (χ1n) is 6.04. The Morgan fingerprint density at radius 1 is 1.16 bits per heavy atom. The molecule has 0 bridgehead atoms. The highest BCUT2D eigenvalue weighted by atomic mass is 16.6. The smallest absolute Gasteiger partial charge is 0.296 e. The van der Waals surface area contributed by atoms with Gasteiger partial charge in [-0.3, -0.25) is 10.1 Å². The van der Waals surface area contributed by atoms with Crippen molar-refractivity contribution in [2.45, 2.75) is 12.8 Å². The standard InChI is InChI=1S/C12H18N2O5/c15-7-1-5-13(6-2-8-16)11-4-3-10(17)9-12(11)14(18)19/h3-4,9,15-17H,1-2,5-8H2. The molecule has 0 aliphatic carbocycles. The van der Waals surface area contributed by atoms with Crippen LogP contribution in [0.1, 0.15) is 12.8 Å². The number of benzene rings is 1. The summed E-state index contributed by atoms with van der Waals surface area (Å²) in [4.78, 5) is 12.2. The normalized spacial score (nSPS) is 10.4. The van der Waals surface area contributed by atoms with E-state index in [-0.39, 0.29) is 24.7 Å². The van der Waals surface area contributed by atoms with Gasteiger partial charge in [-0.25, -0.2) is 0 Å². The lowest BCUT2D eigenvalue weighted by Gasteiger charge is -2.24. The number of rotatable bonds is 8. The van der Waals surface area contributed by atoms with Gasteiger partial charge in [-0.05, 0) is 25.0 Å². The summed E-state index contributed by atoms with van der Waals surface area (Å²) in [6.07, 6.45) is 0.951. The fourth-order valence-corrected chi connectivity index (χ4v) is 1.80. The van der Waals surface area contributed by atoms with Crippen molar-refractivity contribution >= 4 is 11.4 Å². The van der Waals surface area contributed by atoms with Crippen LogP contribution in [0.3, 0.4) is 0 Å². The minimum atomic E-state index is -0.556. The van der Waals surface area contributed by atoms with E-state index in [1.54, 1.807) is 4.90 Å². The number of nitro benzene ring substituents is 1. The molecule has 0 radical (unpaired) electrons. The fraction of sp³-hybridized carbons (Fsp3) is 0.500. The number of aliphatic hydroxyl groups is 2. The summed E-state index contributed by atoms with van der Waals surface area (Å²) >= 11 is 0. The van der Waals surface area contributed by atoms with E-state index in [0.29, 0.717) is 31.6 Å². The lowest BCUT2D eigenvalue weighted by atomic mass is 10.2. The maximum atomic E-state index is 11.0. The molecule has 0 aliphatic heterocycles. The molecule has 7 heteroatoms. The molecule has 1 aromatic carbocycles. The molecule has 0 heterocycles. The lowest BCUT2D eigenvalue weighted by molar-refractivity contribution is -0.384. The van der Waals surface area contributed by atoms with Gasteiger partial charge in [0.2, 0.25) is 0 Å². The van der Waals surface area contributed by atoms with Gasteiger partial charge in [-0.15, -0.1) is 0 Å². The summed E-state index contributed by atoms with van der Waals surface area (Å²) in [5, 5.41) is 38.0. The third-order valence-corrected chi connectivity index (χ3v) is 2.67. The predicted molar refractivity (Wildman–Crippen MR) is 70.4 cm³/mol. The van der Waals surface area contributed by atoms with Gasteiger partial charge in [0.25, 0.3) is 5.69 Å². The highest BCUT2D eigenvalue weighted by molar-refractivity contribution is 5.65. The minimum Gasteiger partial charge on any atom is -0.508 e. The van der Waals surface area contributed by atoms with Gasteiger partial charge in [-0.1, -0.05) is 0 Å². The van der Waals surface area contributed by atoms with E-state index >= 15 is 0 Å². The molecule has 106 valence electrons. The third-order valence-electron chi connectivity index (χ3n) is 2.67. The van der Waals surface area contributed by atoms with Crippen LogP contribution in [-0.2, 0) is 0 Å². The van der Waals surface area contributed by atoms with Crippen molar-refractivity contribution in [3.63, 3.8) is 0 Å². The number of nitro groups is 1. The van der Waals surface area contributed by atoms with E-state index in [1.807, 2.05) is 0 Å². The summed E-state index contributed by atoms with van der Waals surface area (Å²) in [6.45, 7) is 0.868. The minimum absolute atomic E-state index is 0.0124. The summed E-state index contributed by atoms with van der Waals surface area (Å²) in [6, 6.07) is 3.95. The molecule has 0 aliphatic rings. The highest BCUT2D eigenvalue weighted by Gasteiger charge is 2.19. The van der Waals surface area contributed by atoms with Crippen molar-refractivity contribution in [2.24, 2.45) is 0 Å². The maximum Gasteiger partial charge on any atom is 0.296 e. The molecular formula is C12H18N2O5. The first-order chi connectivity index (χ1) is 9.10. The van der Waals surface area contributed by atoms with Crippen molar-refractivity contribution in [3.8, 4) is 5.75 Å². The molecule has 0 amide bonds. The van der Waals surface area contributed by atoms with Gasteiger partial charge in [-0.2, -0.15) is 0 Å². The second-order valence-electron chi connectivity index (χ2n) is 4.07. The monoisotopic (exact) mass is 270 g/mol. The van der Waals surface area contributed by atoms with Crippen LogP contribution in [0.4, 0.5) is 11.4 Å². The molecule has 0 spiro atoms. The predicted octanol–water partition coefficient (Wildman–Crippen LogP) is 0.872. The van der Waals surface area contributed by atoms with Crippen LogP contribution in [0.15, 0.2) is 18.2 Å². The van der Waals surface area contributed by atoms with Crippen molar-refractivity contribution < 1.29 is 20.2 Å². The zero-order chi connectivity index (χ0) is 14.3. The number of phenols is 1. The molecule has 0 saturated carbocycles. The van der Waals surface area contributed by atoms with Crippen LogP contribution in [0, 0.1) is 10.1 Å². The van der Waals surface area contributed by atoms with Crippen LogP contribution >= 0.6 is 0 Å². The quantitative estimate of drug-likeness (QED) is 0.478. The van der Waals surface area contributed by atoms with Gasteiger partial charge in [0.05, 0.1) is 11.0 Å². The van der Waals surface area contributed by atoms with E-state index < -0.39 is 4.92 Å². The molecule has 7 nitrogen and oxygen atoms in total. The van der Waals surface area contributed by atoms with Crippen LogP contribution in [0.2, 0.25) is 0 Å². The van der Waals surface area contributed by atoms with Gasteiger partial charge in [0.15, 0.2) is 0 Å². The Morgan fingerprint density at radius 2 is 1.74 bits per heavy atom. The van der Waals surface area contributed by atoms with E-state index in [2.05, 4.69) is 0 Å². The molecule has 0 aromatic heterocycles. The number of aliphatic hydroxyl groups excluding tert-OH is 2. The van der Waals surface area contributed by atoms with Crippen molar-refractivity contribution in [1.29, 1.82) is 0 Å². The SMILES string of the molecule is O=[N+]([O-])c1cc(O)ccc1N(CCCO)CCCO. The largest absolute Gasteiger partial charge is 0.508 e. The molecule has 0 unspecified atom stereocenters. The Labute approximate surface area is 110 Å². The van der Waals surface area contributed by atoms with Crippen LogP contribution < -0.4 is 4.90 Å². The average Bonchev–Trinajstić information content (AvgIpc) is 2.39. The zero-order valence-corrected chi connectivity index (χ0v) is 10.5. The van der Waals surface area contributed by atoms with Crippen molar-refractivity contribution in [1.82, 2.24) is 0 Å². The Kier molecular flexibility index (Phi) is 6.04. The van der Waals surface area contributed by atoms with E-state index in [0.717, 1.165) is 6.07 Å². The van der Waals surface area contributed by atoms with Crippen LogP contribution in [0.5, 0.6) is 5.75 Å².